The number of anilines is 1. The second-order valence-corrected chi connectivity index (χ2v) is 5.70. The molecule has 1 aromatic rings. The van der Waals surface area contributed by atoms with Crippen LogP contribution >= 0.6 is 0 Å². The molecule has 5 nitrogen and oxygen atoms in total. The number of ether oxygens (including phenoxy) is 1. The number of ketones is 1. The Bertz CT molecular complexity index is 585. The number of carbonyl (C=O) groups is 2. The fourth-order valence-electron chi connectivity index (χ4n) is 2.93. The van der Waals surface area contributed by atoms with E-state index in [4.69, 9.17) is 4.74 Å². The van der Waals surface area contributed by atoms with E-state index < -0.39 is 11.7 Å². The zero-order chi connectivity index (χ0) is 15.0. The van der Waals surface area contributed by atoms with Gasteiger partial charge >= 0.3 is 0 Å². The van der Waals surface area contributed by atoms with Gasteiger partial charge in [0.1, 0.15) is 0 Å². The largest absolute Gasteiger partial charge is 0.374 e. The van der Waals surface area contributed by atoms with E-state index in [-0.39, 0.29) is 6.10 Å². The molecule has 0 saturated carbocycles. The first-order valence-corrected chi connectivity index (χ1v) is 7.39. The number of likely N-dealkylation sites (N-methyl/N-ethyl adjacent to an activating group) is 1. The van der Waals surface area contributed by atoms with Crippen molar-refractivity contribution in [2.45, 2.75) is 19.4 Å². The number of carbonyl (C=O) groups excluding carboxylic acids is 2. The van der Waals surface area contributed by atoms with Crippen LogP contribution in [0.25, 0.3) is 0 Å². The van der Waals surface area contributed by atoms with Gasteiger partial charge in [-0.25, -0.2) is 0 Å². The van der Waals surface area contributed by atoms with Crippen LogP contribution in [0.4, 0.5) is 5.69 Å². The van der Waals surface area contributed by atoms with Crippen molar-refractivity contribution in [2.24, 2.45) is 0 Å². The van der Waals surface area contributed by atoms with Gasteiger partial charge in [-0.05, 0) is 31.2 Å². The SMILES string of the molecule is CCc1ccc2c(c1)C(=O)C(=O)N2CC1CN(C)CCO1. The van der Waals surface area contributed by atoms with Crippen LogP contribution < -0.4 is 4.90 Å². The molecule has 1 atom stereocenters. The molecule has 1 aromatic carbocycles. The van der Waals surface area contributed by atoms with Gasteiger partial charge in [0.2, 0.25) is 0 Å². The molecule has 0 bridgehead atoms. The Hall–Kier alpha value is -1.72. The van der Waals surface area contributed by atoms with Gasteiger partial charge in [-0.1, -0.05) is 13.0 Å². The van der Waals surface area contributed by atoms with Crippen LogP contribution in [-0.2, 0) is 16.0 Å². The lowest BCUT2D eigenvalue weighted by Crippen LogP contribution is -2.47. The van der Waals surface area contributed by atoms with Crippen molar-refractivity contribution < 1.29 is 14.3 Å². The topological polar surface area (TPSA) is 49.9 Å². The summed E-state index contributed by atoms with van der Waals surface area (Å²) in [6, 6.07) is 5.69. The summed E-state index contributed by atoms with van der Waals surface area (Å²) in [6.07, 6.45) is 0.808. The molecule has 112 valence electrons. The highest BCUT2D eigenvalue weighted by Gasteiger charge is 2.37. The van der Waals surface area contributed by atoms with Crippen LogP contribution in [0, 0.1) is 0 Å². The molecule has 2 aliphatic heterocycles. The van der Waals surface area contributed by atoms with Crippen LogP contribution in [0.1, 0.15) is 22.8 Å². The van der Waals surface area contributed by atoms with E-state index in [1.54, 1.807) is 4.90 Å². The summed E-state index contributed by atoms with van der Waals surface area (Å²) in [5.41, 5.74) is 2.33. The van der Waals surface area contributed by atoms with Crippen molar-refractivity contribution in [2.75, 3.05) is 38.2 Å². The molecule has 21 heavy (non-hydrogen) atoms. The fourth-order valence-corrected chi connectivity index (χ4v) is 2.93. The second kappa shape index (κ2) is 5.58. The number of rotatable bonds is 3. The average Bonchev–Trinajstić information content (AvgIpc) is 2.72. The van der Waals surface area contributed by atoms with Crippen molar-refractivity contribution in [1.82, 2.24) is 4.90 Å². The molecule has 0 aliphatic carbocycles. The van der Waals surface area contributed by atoms with E-state index in [1.165, 1.54) is 0 Å². The molecule has 0 aromatic heterocycles. The van der Waals surface area contributed by atoms with Gasteiger partial charge in [0, 0.05) is 13.1 Å². The quantitative estimate of drug-likeness (QED) is 0.782. The van der Waals surface area contributed by atoms with Gasteiger partial charge in [0.05, 0.1) is 30.5 Å². The van der Waals surface area contributed by atoms with E-state index in [0.29, 0.717) is 18.7 Å². The molecule has 2 aliphatic rings. The highest BCUT2D eigenvalue weighted by Crippen LogP contribution is 2.30. The molecule has 3 rings (SSSR count). The molecule has 1 fully saturated rings. The Morgan fingerprint density at radius 2 is 2.14 bits per heavy atom. The highest BCUT2D eigenvalue weighted by atomic mass is 16.5. The van der Waals surface area contributed by atoms with E-state index in [9.17, 15) is 9.59 Å². The van der Waals surface area contributed by atoms with Gasteiger partial charge < -0.3 is 14.5 Å². The van der Waals surface area contributed by atoms with Crippen molar-refractivity contribution in [3.8, 4) is 0 Å². The summed E-state index contributed by atoms with van der Waals surface area (Å²) in [4.78, 5) is 28.1. The maximum absolute atomic E-state index is 12.2. The minimum atomic E-state index is -0.435. The second-order valence-electron chi connectivity index (χ2n) is 5.70. The lowest BCUT2D eigenvalue weighted by Gasteiger charge is -2.32. The first-order chi connectivity index (χ1) is 10.1. The van der Waals surface area contributed by atoms with Crippen LogP contribution in [0.5, 0.6) is 0 Å². The van der Waals surface area contributed by atoms with Gasteiger partial charge in [0.15, 0.2) is 0 Å². The Kier molecular flexibility index (Phi) is 3.78. The number of amides is 1. The number of nitrogens with zero attached hydrogens (tertiary/aromatic N) is 2. The van der Waals surface area contributed by atoms with Crippen LogP contribution in [0.3, 0.4) is 0 Å². The average molecular weight is 288 g/mol. The molecular formula is C16H20N2O3. The molecule has 2 heterocycles. The Morgan fingerprint density at radius 1 is 1.33 bits per heavy atom. The normalized spacial score (nSPS) is 22.8. The summed E-state index contributed by atoms with van der Waals surface area (Å²) in [5, 5.41) is 0. The van der Waals surface area contributed by atoms with E-state index >= 15 is 0 Å². The highest BCUT2D eigenvalue weighted by molar-refractivity contribution is 6.52. The van der Waals surface area contributed by atoms with Crippen LogP contribution in [0.15, 0.2) is 18.2 Å². The number of aryl methyl sites for hydroxylation is 1. The monoisotopic (exact) mass is 288 g/mol. The fraction of sp³-hybridized carbons (Fsp3) is 0.500. The first kappa shape index (κ1) is 14.2. The minimum absolute atomic E-state index is 0.0442. The summed E-state index contributed by atoms with van der Waals surface area (Å²) in [6.45, 7) is 4.82. The third-order valence-electron chi connectivity index (χ3n) is 4.17. The number of morpholine rings is 1. The molecule has 0 radical (unpaired) electrons. The lowest BCUT2D eigenvalue weighted by molar-refractivity contribution is -0.115. The molecule has 5 heteroatoms. The van der Waals surface area contributed by atoms with Crippen molar-refractivity contribution in [3.05, 3.63) is 29.3 Å². The van der Waals surface area contributed by atoms with Gasteiger partial charge in [0.25, 0.3) is 11.7 Å². The minimum Gasteiger partial charge on any atom is -0.374 e. The van der Waals surface area contributed by atoms with E-state index in [0.717, 1.165) is 30.8 Å². The van der Waals surface area contributed by atoms with Crippen molar-refractivity contribution in [1.29, 1.82) is 0 Å². The molecular weight excluding hydrogens is 268 g/mol. The molecule has 1 amide bonds. The number of Topliss-reactive ketones (excluding diaryl/α,β-unsaturated/α-hetero) is 1. The Labute approximate surface area is 124 Å². The maximum atomic E-state index is 12.2. The molecule has 0 spiro atoms. The summed E-state index contributed by atoms with van der Waals surface area (Å²) in [5.74, 6) is -0.834. The molecule has 1 saturated heterocycles. The van der Waals surface area contributed by atoms with Crippen molar-refractivity contribution >= 4 is 17.4 Å². The first-order valence-electron chi connectivity index (χ1n) is 7.39. The number of benzene rings is 1. The standard InChI is InChI=1S/C16H20N2O3/c1-3-11-4-5-14-13(8-11)15(19)16(20)18(14)10-12-9-17(2)6-7-21-12/h4-5,8,12H,3,6-7,9-10H2,1-2H3. The molecule has 1 unspecified atom stereocenters. The van der Waals surface area contributed by atoms with Crippen molar-refractivity contribution in [3.63, 3.8) is 0 Å². The summed E-state index contributed by atoms with van der Waals surface area (Å²) < 4.78 is 5.71. The third-order valence-corrected chi connectivity index (χ3v) is 4.17. The van der Waals surface area contributed by atoms with Crippen LogP contribution in [-0.4, -0.2) is 56.0 Å². The predicted molar refractivity (Wildman–Crippen MR) is 79.7 cm³/mol. The number of hydrogen-bond acceptors (Lipinski definition) is 4. The number of fused-ring (bicyclic) bond motifs is 1. The Morgan fingerprint density at radius 3 is 2.86 bits per heavy atom. The Balaban J connectivity index is 1.84. The van der Waals surface area contributed by atoms with E-state index in [2.05, 4.69) is 4.90 Å². The van der Waals surface area contributed by atoms with E-state index in [1.807, 2.05) is 32.2 Å². The maximum Gasteiger partial charge on any atom is 0.299 e. The zero-order valence-corrected chi connectivity index (χ0v) is 12.5. The number of hydrogen-bond donors (Lipinski definition) is 0. The summed E-state index contributed by atoms with van der Waals surface area (Å²) in [7, 11) is 2.04. The lowest BCUT2D eigenvalue weighted by atomic mass is 10.1. The predicted octanol–water partition coefficient (Wildman–Crippen LogP) is 1.11. The van der Waals surface area contributed by atoms with Gasteiger partial charge in [-0.2, -0.15) is 0 Å². The zero-order valence-electron chi connectivity index (χ0n) is 12.5. The van der Waals surface area contributed by atoms with Gasteiger partial charge in [-0.3, -0.25) is 9.59 Å². The van der Waals surface area contributed by atoms with Crippen LogP contribution in [0.2, 0.25) is 0 Å². The van der Waals surface area contributed by atoms with Gasteiger partial charge in [-0.15, -0.1) is 0 Å². The smallest absolute Gasteiger partial charge is 0.299 e. The third kappa shape index (κ3) is 2.59. The summed E-state index contributed by atoms with van der Waals surface area (Å²) >= 11 is 0. The molecule has 0 N–H and O–H groups in total.